The van der Waals surface area contributed by atoms with Crippen molar-refractivity contribution in [3.8, 4) is 0 Å². The number of rotatable bonds is 11. The number of hydrogen-bond donors (Lipinski definition) is 0. The molecule has 0 unspecified atom stereocenters. The molecule has 0 bridgehead atoms. The van der Waals surface area contributed by atoms with Gasteiger partial charge < -0.3 is 0 Å². The first-order valence-electron chi connectivity index (χ1n) is 10.4. The summed E-state index contributed by atoms with van der Waals surface area (Å²) in [5, 5.41) is 0. The van der Waals surface area contributed by atoms with Gasteiger partial charge in [-0.25, -0.2) is 0 Å². The van der Waals surface area contributed by atoms with Gasteiger partial charge in [-0.1, -0.05) is 98.8 Å². The van der Waals surface area contributed by atoms with Gasteiger partial charge in [0.2, 0.25) is 0 Å². The van der Waals surface area contributed by atoms with Gasteiger partial charge in [0.05, 0.1) is 0 Å². The second-order valence-electron chi connectivity index (χ2n) is 8.86. The molecule has 0 amide bonds. The molecule has 0 aromatic heterocycles. The van der Waals surface area contributed by atoms with E-state index in [9.17, 15) is 0 Å². The van der Waals surface area contributed by atoms with E-state index in [-0.39, 0.29) is 10.8 Å². The molecule has 0 fully saturated rings. The molecule has 0 heterocycles. The van der Waals surface area contributed by atoms with E-state index in [4.69, 9.17) is 0 Å². The van der Waals surface area contributed by atoms with Crippen LogP contribution in [0.25, 0.3) is 0 Å². The fraction of sp³-hybridized carbons (Fsp3) is 0.750. The van der Waals surface area contributed by atoms with E-state index in [1.54, 1.807) is 11.1 Å². The van der Waals surface area contributed by atoms with Gasteiger partial charge in [0.15, 0.2) is 0 Å². The summed E-state index contributed by atoms with van der Waals surface area (Å²) in [6.45, 7) is 16.5. The SMILES string of the molecule is CCCCCCCCc1ccc(C(C)(C)CC)cc1C(C)(C)CC. The lowest BCUT2D eigenvalue weighted by atomic mass is 9.74. The molecular weight excluding hydrogens is 288 g/mol. The van der Waals surface area contributed by atoms with Crippen LogP contribution < -0.4 is 0 Å². The van der Waals surface area contributed by atoms with E-state index in [1.165, 1.54) is 63.4 Å². The first kappa shape index (κ1) is 21.3. The Hall–Kier alpha value is -0.780. The van der Waals surface area contributed by atoms with Crippen molar-refractivity contribution in [2.24, 2.45) is 0 Å². The van der Waals surface area contributed by atoms with Crippen LogP contribution in [0.5, 0.6) is 0 Å². The van der Waals surface area contributed by atoms with Crippen LogP contribution in [-0.4, -0.2) is 0 Å². The molecule has 1 aromatic carbocycles. The second kappa shape index (κ2) is 9.64. The van der Waals surface area contributed by atoms with Gasteiger partial charge in [-0.15, -0.1) is 0 Å². The maximum Gasteiger partial charge on any atom is -0.0103 e. The maximum atomic E-state index is 2.53. The molecule has 0 heteroatoms. The Bertz CT molecular complexity index is 479. The molecule has 138 valence electrons. The molecule has 0 saturated heterocycles. The lowest BCUT2D eigenvalue weighted by Gasteiger charge is -2.31. The predicted octanol–water partition coefficient (Wildman–Crippen LogP) is 7.96. The Morgan fingerprint density at radius 2 is 1.29 bits per heavy atom. The summed E-state index contributed by atoms with van der Waals surface area (Å²) in [7, 11) is 0. The fourth-order valence-corrected chi connectivity index (χ4v) is 3.34. The highest BCUT2D eigenvalue weighted by Crippen LogP contribution is 2.35. The number of benzene rings is 1. The summed E-state index contributed by atoms with van der Waals surface area (Å²) in [5.41, 5.74) is 5.24. The lowest BCUT2D eigenvalue weighted by molar-refractivity contribution is 0.483. The predicted molar refractivity (Wildman–Crippen MR) is 110 cm³/mol. The molecule has 0 atom stereocenters. The van der Waals surface area contributed by atoms with Gasteiger partial charge >= 0.3 is 0 Å². The summed E-state index contributed by atoms with van der Waals surface area (Å²) in [6.07, 6.45) is 11.9. The summed E-state index contributed by atoms with van der Waals surface area (Å²) in [4.78, 5) is 0. The van der Waals surface area contributed by atoms with Crippen LogP contribution >= 0.6 is 0 Å². The highest BCUT2D eigenvalue weighted by atomic mass is 14.3. The third-order valence-electron chi connectivity index (χ3n) is 6.19. The van der Waals surface area contributed by atoms with Crippen molar-refractivity contribution in [3.63, 3.8) is 0 Å². The maximum absolute atomic E-state index is 2.53. The monoisotopic (exact) mass is 330 g/mol. The van der Waals surface area contributed by atoms with Crippen molar-refractivity contribution in [1.82, 2.24) is 0 Å². The normalized spacial score (nSPS) is 12.6. The molecular formula is C24H42. The average Bonchev–Trinajstić information content (AvgIpc) is 2.57. The standard InChI is InChI=1S/C24H42/c1-8-11-12-13-14-15-16-20-17-18-21(23(4,5)9-2)19-22(20)24(6,7)10-3/h17-19H,8-16H2,1-7H3. The quantitative estimate of drug-likeness (QED) is 0.361. The molecule has 1 rings (SSSR count). The molecule has 0 saturated carbocycles. The van der Waals surface area contributed by atoms with E-state index in [0.717, 1.165) is 0 Å². The first-order chi connectivity index (χ1) is 11.3. The van der Waals surface area contributed by atoms with Gasteiger partial charge in [-0.2, -0.15) is 0 Å². The van der Waals surface area contributed by atoms with Gasteiger partial charge in [0, 0.05) is 0 Å². The number of unbranched alkanes of at least 4 members (excludes halogenated alkanes) is 5. The molecule has 24 heavy (non-hydrogen) atoms. The zero-order valence-electron chi connectivity index (χ0n) is 17.6. The van der Waals surface area contributed by atoms with Crippen LogP contribution in [0.2, 0.25) is 0 Å². The smallest absolute Gasteiger partial charge is 0.0103 e. The van der Waals surface area contributed by atoms with Crippen molar-refractivity contribution >= 4 is 0 Å². The van der Waals surface area contributed by atoms with E-state index in [2.05, 4.69) is 66.7 Å². The Kier molecular flexibility index (Phi) is 8.54. The minimum absolute atomic E-state index is 0.275. The zero-order chi connectivity index (χ0) is 18.2. The third-order valence-corrected chi connectivity index (χ3v) is 6.19. The molecule has 0 radical (unpaired) electrons. The van der Waals surface area contributed by atoms with Crippen LogP contribution in [0.4, 0.5) is 0 Å². The van der Waals surface area contributed by atoms with Crippen molar-refractivity contribution in [3.05, 3.63) is 34.9 Å². The largest absolute Gasteiger partial charge is 0.0654 e. The topological polar surface area (TPSA) is 0 Å². The Balaban J connectivity index is 2.91. The van der Waals surface area contributed by atoms with Gasteiger partial charge in [0.25, 0.3) is 0 Å². The van der Waals surface area contributed by atoms with E-state index in [1.807, 2.05) is 0 Å². The van der Waals surface area contributed by atoms with Crippen molar-refractivity contribution < 1.29 is 0 Å². The molecule has 1 aromatic rings. The number of hydrogen-bond acceptors (Lipinski definition) is 0. The van der Waals surface area contributed by atoms with E-state index in [0.29, 0.717) is 0 Å². The highest BCUT2D eigenvalue weighted by Gasteiger charge is 2.25. The zero-order valence-corrected chi connectivity index (χ0v) is 17.6. The van der Waals surface area contributed by atoms with Crippen LogP contribution in [0.15, 0.2) is 18.2 Å². The molecule has 0 spiro atoms. The van der Waals surface area contributed by atoms with Crippen LogP contribution in [0.3, 0.4) is 0 Å². The van der Waals surface area contributed by atoms with Crippen LogP contribution in [-0.2, 0) is 17.3 Å². The minimum Gasteiger partial charge on any atom is -0.0654 e. The van der Waals surface area contributed by atoms with Gasteiger partial charge in [-0.3, -0.25) is 0 Å². The minimum atomic E-state index is 0.275. The Morgan fingerprint density at radius 1 is 0.708 bits per heavy atom. The fourth-order valence-electron chi connectivity index (χ4n) is 3.34. The molecule has 0 nitrogen and oxygen atoms in total. The Morgan fingerprint density at radius 3 is 1.88 bits per heavy atom. The molecule has 0 aliphatic carbocycles. The van der Waals surface area contributed by atoms with Crippen molar-refractivity contribution in [1.29, 1.82) is 0 Å². The average molecular weight is 331 g/mol. The summed E-state index contributed by atoms with van der Waals surface area (Å²) in [6, 6.07) is 7.36. The first-order valence-corrected chi connectivity index (χ1v) is 10.4. The van der Waals surface area contributed by atoms with Crippen LogP contribution in [0, 0.1) is 0 Å². The third kappa shape index (κ3) is 5.94. The van der Waals surface area contributed by atoms with Gasteiger partial charge in [-0.05, 0) is 53.2 Å². The summed E-state index contributed by atoms with van der Waals surface area (Å²) >= 11 is 0. The molecule has 0 aliphatic rings. The van der Waals surface area contributed by atoms with E-state index < -0.39 is 0 Å². The summed E-state index contributed by atoms with van der Waals surface area (Å²) in [5.74, 6) is 0. The molecule has 0 aliphatic heterocycles. The highest BCUT2D eigenvalue weighted by molar-refractivity contribution is 5.40. The van der Waals surface area contributed by atoms with Crippen molar-refractivity contribution in [2.45, 2.75) is 117 Å². The van der Waals surface area contributed by atoms with Crippen LogP contribution in [0.1, 0.15) is 117 Å². The molecule has 0 N–H and O–H groups in total. The van der Waals surface area contributed by atoms with E-state index >= 15 is 0 Å². The Labute approximate surface area is 152 Å². The summed E-state index contributed by atoms with van der Waals surface area (Å²) < 4.78 is 0. The lowest BCUT2D eigenvalue weighted by Crippen LogP contribution is -2.22. The second-order valence-corrected chi connectivity index (χ2v) is 8.86. The van der Waals surface area contributed by atoms with Gasteiger partial charge in [0.1, 0.15) is 0 Å². The van der Waals surface area contributed by atoms with Crippen molar-refractivity contribution in [2.75, 3.05) is 0 Å². The number of aryl methyl sites for hydroxylation is 1.